The number of fused-ring (bicyclic) bond motifs is 1. The normalized spacial score (nSPS) is 11.8. The molecule has 0 atom stereocenters. The van der Waals surface area contributed by atoms with Crippen LogP contribution in [0.3, 0.4) is 0 Å². The minimum atomic E-state index is -0.475. The highest BCUT2D eigenvalue weighted by atomic mass is 32.1. The summed E-state index contributed by atoms with van der Waals surface area (Å²) in [5.74, 6) is 1.18. The van der Waals surface area contributed by atoms with Crippen LogP contribution in [0.15, 0.2) is 53.3 Å². The highest BCUT2D eigenvalue weighted by Crippen LogP contribution is 2.21. The third-order valence-corrected chi connectivity index (χ3v) is 4.98. The number of hydrogen-bond acceptors (Lipinski definition) is 7. The molecule has 0 aliphatic rings. The van der Waals surface area contributed by atoms with Gasteiger partial charge in [0.15, 0.2) is 5.82 Å². The fraction of sp³-hybridized carbons (Fsp3) is 0.105. The van der Waals surface area contributed by atoms with E-state index in [9.17, 15) is 14.9 Å². The molecule has 0 bridgehead atoms. The summed E-state index contributed by atoms with van der Waals surface area (Å²) in [5, 5.41) is 15.4. The van der Waals surface area contributed by atoms with E-state index in [1.54, 1.807) is 18.2 Å². The molecule has 0 spiro atoms. The molecule has 2 heterocycles. The number of nitrogens with zero attached hydrogens (tertiary/aromatic N) is 4. The van der Waals surface area contributed by atoms with Gasteiger partial charge in [-0.2, -0.15) is 9.50 Å². The molecule has 0 aliphatic heterocycles. The van der Waals surface area contributed by atoms with Gasteiger partial charge in [-0.05, 0) is 43.3 Å². The second kappa shape index (κ2) is 7.20. The predicted molar refractivity (Wildman–Crippen MR) is 106 cm³/mol. The molecule has 8 nitrogen and oxygen atoms in total. The van der Waals surface area contributed by atoms with Gasteiger partial charge in [0.25, 0.3) is 11.2 Å². The van der Waals surface area contributed by atoms with Crippen molar-refractivity contribution in [3.8, 4) is 17.1 Å². The molecule has 4 rings (SSSR count). The van der Waals surface area contributed by atoms with Gasteiger partial charge in [-0.15, -0.1) is 5.10 Å². The van der Waals surface area contributed by atoms with Crippen molar-refractivity contribution in [2.75, 3.05) is 6.61 Å². The lowest BCUT2D eigenvalue weighted by Gasteiger charge is -2.02. The Kier molecular flexibility index (Phi) is 4.58. The average molecular weight is 394 g/mol. The molecule has 28 heavy (non-hydrogen) atoms. The predicted octanol–water partition coefficient (Wildman–Crippen LogP) is 2.67. The van der Waals surface area contributed by atoms with Gasteiger partial charge in [0.1, 0.15) is 5.75 Å². The minimum absolute atomic E-state index is 0.0593. The lowest BCUT2D eigenvalue weighted by molar-refractivity contribution is -0.385. The first kappa shape index (κ1) is 17.8. The number of benzene rings is 2. The molecular formula is C19H14N4O4S. The maximum Gasteiger partial charge on any atom is 0.291 e. The van der Waals surface area contributed by atoms with Crippen molar-refractivity contribution in [1.29, 1.82) is 0 Å². The van der Waals surface area contributed by atoms with Crippen molar-refractivity contribution in [2.45, 2.75) is 6.92 Å². The second-order valence-corrected chi connectivity index (χ2v) is 6.83. The van der Waals surface area contributed by atoms with Crippen LogP contribution in [0.1, 0.15) is 12.5 Å². The van der Waals surface area contributed by atoms with E-state index in [4.69, 9.17) is 4.74 Å². The van der Waals surface area contributed by atoms with E-state index in [1.807, 2.05) is 31.2 Å². The number of aromatic nitrogens is 3. The Morgan fingerprint density at radius 1 is 1.21 bits per heavy atom. The van der Waals surface area contributed by atoms with Crippen molar-refractivity contribution < 1.29 is 9.66 Å². The van der Waals surface area contributed by atoms with Gasteiger partial charge in [0.05, 0.1) is 21.6 Å². The molecule has 0 radical (unpaired) electrons. The van der Waals surface area contributed by atoms with Crippen molar-refractivity contribution in [2.24, 2.45) is 0 Å². The topological polar surface area (TPSA) is 99.6 Å². The van der Waals surface area contributed by atoms with Crippen LogP contribution in [-0.4, -0.2) is 26.1 Å². The molecule has 9 heteroatoms. The molecule has 4 aromatic rings. The van der Waals surface area contributed by atoms with Crippen molar-refractivity contribution >= 4 is 28.1 Å². The Hall–Kier alpha value is -3.59. The summed E-state index contributed by atoms with van der Waals surface area (Å²) in [6, 6.07) is 13.6. The zero-order chi connectivity index (χ0) is 19.7. The van der Waals surface area contributed by atoms with Crippen LogP contribution < -0.4 is 14.8 Å². The Bertz CT molecular complexity index is 1280. The van der Waals surface area contributed by atoms with E-state index in [2.05, 4.69) is 10.1 Å². The minimum Gasteiger partial charge on any atom is -0.494 e. The summed E-state index contributed by atoms with van der Waals surface area (Å²) >= 11 is 1.14. The number of hydrogen-bond donors (Lipinski definition) is 0. The van der Waals surface area contributed by atoms with Crippen LogP contribution in [0.25, 0.3) is 22.4 Å². The summed E-state index contributed by atoms with van der Waals surface area (Å²) in [7, 11) is 0. The zero-order valence-electron chi connectivity index (χ0n) is 14.7. The third kappa shape index (κ3) is 3.23. The van der Waals surface area contributed by atoms with Crippen molar-refractivity contribution in [1.82, 2.24) is 14.6 Å². The molecule has 0 fully saturated rings. The van der Waals surface area contributed by atoms with Crippen LogP contribution in [0.4, 0.5) is 5.69 Å². The van der Waals surface area contributed by atoms with E-state index in [0.29, 0.717) is 27.5 Å². The number of nitro groups is 1. The number of rotatable bonds is 5. The fourth-order valence-corrected chi connectivity index (χ4v) is 3.64. The van der Waals surface area contributed by atoms with Crippen LogP contribution in [-0.2, 0) is 0 Å². The van der Waals surface area contributed by atoms with E-state index >= 15 is 0 Å². The largest absolute Gasteiger partial charge is 0.494 e. The standard InChI is InChI=1S/C19H14N4O4S/c1-2-27-14-9-7-12(8-10-14)17-20-19-22(21-17)18(24)16(28-19)11-13-5-3-4-6-15(13)23(25)26/h3-11H,2H2,1H3/b16-11-. The maximum atomic E-state index is 12.6. The van der Waals surface area contributed by atoms with Gasteiger partial charge in [-0.3, -0.25) is 14.9 Å². The molecule has 0 saturated heterocycles. The van der Waals surface area contributed by atoms with Gasteiger partial charge < -0.3 is 4.74 Å². The lowest BCUT2D eigenvalue weighted by Crippen LogP contribution is -2.23. The van der Waals surface area contributed by atoms with Crippen molar-refractivity contribution in [3.63, 3.8) is 0 Å². The summed E-state index contributed by atoms with van der Waals surface area (Å²) in [5.41, 5.74) is 0.711. The number of ether oxygens (including phenoxy) is 1. The molecular weight excluding hydrogens is 380 g/mol. The van der Waals surface area contributed by atoms with E-state index < -0.39 is 4.92 Å². The van der Waals surface area contributed by atoms with E-state index in [0.717, 1.165) is 22.6 Å². The summed E-state index contributed by atoms with van der Waals surface area (Å²) in [6.07, 6.45) is 1.50. The first-order valence-corrected chi connectivity index (χ1v) is 9.26. The number of para-hydroxylation sites is 1. The third-order valence-electron chi connectivity index (χ3n) is 4.03. The Balaban J connectivity index is 1.75. The monoisotopic (exact) mass is 394 g/mol. The maximum absolute atomic E-state index is 12.6. The molecule has 2 aromatic heterocycles. The van der Waals surface area contributed by atoms with E-state index in [1.165, 1.54) is 16.7 Å². The zero-order valence-corrected chi connectivity index (χ0v) is 15.5. The number of thiazole rings is 1. The highest BCUT2D eigenvalue weighted by molar-refractivity contribution is 7.15. The molecule has 140 valence electrons. The quantitative estimate of drug-likeness (QED) is 0.381. The van der Waals surface area contributed by atoms with Crippen LogP contribution >= 0.6 is 11.3 Å². The summed E-state index contributed by atoms with van der Waals surface area (Å²) in [6.45, 7) is 2.49. The van der Waals surface area contributed by atoms with Crippen LogP contribution in [0.2, 0.25) is 0 Å². The summed E-state index contributed by atoms with van der Waals surface area (Å²) < 4.78 is 6.97. The molecule has 0 N–H and O–H groups in total. The SMILES string of the molecule is CCOc1ccc(-c2nc3s/c(=C\c4ccccc4[N+](=O)[O-])c(=O)n3n2)cc1. The first-order chi connectivity index (χ1) is 13.6. The molecule has 0 aliphatic carbocycles. The molecule has 0 saturated carbocycles. The lowest BCUT2D eigenvalue weighted by atomic mass is 10.2. The second-order valence-electron chi connectivity index (χ2n) is 5.82. The Labute approximate surface area is 162 Å². The van der Waals surface area contributed by atoms with Gasteiger partial charge >= 0.3 is 0 Å². The first-order valence-electron chi connectivity index (χ1n) is 8.45. The van der Waals surface area contributed by atoms with Crippen LogP contribution in [0.5, 0.6) is 5.75 Å². The Morgan fingerprint density at radius 2 is 1.96 bits per heavy atom. The summed E-state index contributed by atoms with van der Waals surface area (Å²) in [4.78, 5) is 28.2. The average Bonchev–Trinajstić information content (AvgIpc) is 3.23. The smallest absolute Gasteiger partial charge is 0.291 e. The molecule has 0 unspecified atom stereocenters. The van der Waals surface area contributed by atoms with Gasteiger partial charge in [-0.1, -0.05) is 23.5 Å². The fourth-order valence-electron chi connectivity index (χ4n) is 2.74. The van der Waals surface area contributed by atoms with Gasteiger partial charge in [0, 0.05) is 11.6 Å². The number of nitro benzene ring substituents is 1. The van der Waals surface area contributed by atoms with Gasteiger partial charge in [0.2, 0.25) is 4.96 Å². The molecule has 0 amide bonds. The van der Waals surface area contributed by atoms with Gasteiger partial charge in [-0.25, -0.2) is 0 Å². The van der Waals surface area contributed by atoms with Crippen molar-refractivity contribution in [3.05, 3.63) is 79.1 Å². The van der Waals surface area contributed by atoms with E-state index in [-0.39, 0.29) is 11.2 Å². The highest BCUT2D eigenvalue weighted by Gasteiger charge is 2.14. The molecule has 2 aromatic carbocycles. The Morgan fingerprint density at radius 3 is 2.64 bits per heavy atom. The van der Waals surface area contributed by atoms with Crippen LogP contribution in [0, 0.1) is 10.1 Å².